The van der Waals surface area contributed by atoms with Crippen LogP contribution in [0, 0.1) is 15.9 Å². The summed E-state index contributed by atoms with van der Waals surface area (Å²) >= 11 is 0. The lowest BCUT2D eigenvalue weighted by Crippen LogP contribution is -2.32. The van der Waals surface area contributed by atoms with Crippen molar-refractivity contribution >= 4 is 17.4 Å². The second kappa shape index (κ2) is 6.61. The molecule has 0 atom stereocenters. The van der Waals surface area contributed by atoms with Crippen LogP contribution in [0.4, 0.5) is 20.6 Å². The third-order valence-electron chi connectivity index (χ3n) is 3.85. The Labute approximate surface area is 137 Å². The van der Waals surface area contributed by atoms with Crippen LogP contribution in [0.5, 0.6) is 0 Å². The van der Waals surface area contributed by atoms with Crippen LogP contribution in [-0.4, -0.2) is 33.9 Å². The van der Waals surface area contributed by atoms with E-state index in [9.17, 15) is 19.3 Å². The SMILES string of the molecule is O=C(Nc1cc(-c2ccc(F)cc2)ncc1[N+](=O)[O-])N1CCCC1. The molecule has 1 aliphatic heterocycles. The topological polar surface area (TPSA) is 88.4 Å². The molecule has 2 amide bonds. The maximum atomic E-state index is 13.0. The molecule has 0 unspecified atom stereocenters. The first-order chi connectivity index (χ1) is 11.5. The molecule has 1 fully saturated rings. The summed E-state index contributed by atoms with van der Waals surface area (Å²) in [7, 11) is 0. The van der Waals surface area contributed by atoms with Crippen LogP contribution >= 0.6 is 0 Å². The number of pyridine rings is 1. The number of rotatable bonds is 3. The molecule has 7 nitrogen and oxygen atoms in total. The molecule has 1 N–H and O–H groups in total. The van der Waals surface area contributed by atoms with E-state index < -0.39 is 4.92 Å². The second-order valence-electron chi connectivity index (χ2n) is 5.48. The number of nitrogens with one attached hydrogen (secondary N) is 1. The predicted octanol–water partition coefficient (Wildman–Crippen LogP) is 3.42. The summed E-state index contributed by atoms with van der Waals surface area (Å²) in [5, 5.41) is 13.8. The molecule has 0 radical (unpaired) electrons. The van der Waals surface area contributed by atoms with Crippen molar-refractivity contribution < 1.29 is 14.1 Å². The standard InChI is InChI=1S/C16H15FN4O3/c17-12-5-3-11(4-6-12)13-9-14(15(10-18-13)21(23)24)19-16(22)20-7-1-2-8-20/h3-6,9-10H,1-2,7-8H2,(H,18,19,22). The summed E-state index contributed by atoms with van der Waals surface area (Å²) in [5.74, 6) is -0.386. The first kappa shape index (κ1) is 15.9. The Morgan fingerprint density at radius 2 is 1.92 bits per heavy atom. The molecule has 1 aromatic heterocycles. The van der Waals surface area contributed by atoms with Gasteiger partial charge in [-0.2, -0.15) is 0 Å². The van der Waals surface area contributed by atoms with Gasteiger partial charge in [-0.25, -0.2) is 14.2 Å². The molecule has 3 rings (SSSR count). The second-order valence-corrected chi connectivity index (χ2v) is 5.48. The molecule has 1 aliphatic rings. The number of halogens is 1. The van der Waals surface area contributed by atoms with Gasteiger partial charge in [0.15, 0.2) is 0 Å². The molecule has 124 valence electrons. The van der Waals surface area contributed by atoms with E-state index in [1.54, 1.807) is 4.90 Å². The third kappa shape index (κ3) is 3.32. The first-order valence-corrected chi connectivity index (χ1v) is 7.51. The smallest absolute Gasteiger partial charge is 0.322 e. The van der Waals surface area contributed by atoms with Crippen LogP contribution in [0.15, 0.2) is 36.5 Å². The first-order valence-electron chi connectivity index (χ1n) is 7.51. The highest BCUT2D eigenvalue weighted by molar-refractivity contribution is 5.92. The number of carbonyl (C=O) groups is 1. The lowest BCUT2D eigenvalue weighted by Gasteiger charge is -2.16. The Bertz CT molecular complexity index is 773. The Kier molecular flexibility index (Phi) is 4.37. The van der Waals surface area contributed by atoms with Crippen LogP contribution in [0.1, 0.15) is 12.8 Å². The Morgan fingerprint density at radius 3 is 2.54 bits per heavy atom. The number of benzene rings is 1. The Hall–Kier alpha value is -3.03. The highest BCUT2D eigenvalue weighted by Crippen LogP contribution is 2.29. The lowest BCUT2D eigenvalue weighted by atomic mass is 10.1. The summed E-state index contributed by atoms with van der Waals surface area (Å²) in [6.45, 7) is 1.27. The van der Waals surface area contributed by atoms with Gasteiger partial charge in [0.1, 0.15) is 17.7 Å². The molecule has 2 heterocycles. The molecule has 24 heavy (non-hydrogen) atoms. The summed E-state index contributed by atoms with van der Waals surface area (Å²) < 4.78 is 13.0. The summed E-state index contributed by atoms with van der Waals surface area (Å²) in [4.78, 5) is 28.4. The molecule has 0 spiro atoms. The average Bonchev–Trinajstić information content (AvgIpc) is 3.10. The molecule has 0 saturated carbocycles. The Morgan fingerprint density at radius 1 is 1.25 bits per heavy atom. The number of hydrogen-bond acceptors (Lipinski definition) is 4. The number of amides is 2. The van der Waals surface area contributed by atoms with Crippen molar-refractivity contribution in [2.75, 3.05) is 18.4 Å². The van der Waals surface area contributed by atoms with E-state index >= 15 is 0 Å². The fourth-order valence-electron chi connectivity index (χ4n) is 2.59. The Balaban J connectivity index is 1.92. The fraction of sp³-hybridized carbons (Fsp3) is 0.250. The number of nitrogens with zero attached hydrogens (tertiary/aromatic N) is 3. The molecule has 2 aromatic rings. The zero-order valence-electron chi connectivity index (χ0n) is 12.7. The van der Waals surface area contributed by atoms with Crippen LogP contribution in [0.2, 0.25) is 0 Å². The summed E-state index contributed by atoms with van der Waals surface area (Å²) in [6.07, 6.45) is 2.94. The predicted molar refractivity (Wildman–Crippen MR) is 86.1 cm³/mol. The molecular weight excluding hydrogens is 315 g/mol. The lowest BCUT2D eigenvalue weighted by molar-refractivity contribution is -0.384. The normalized spacial score (nSPS) is 13.8. The number of nitro groups is 1. The highest BCUT2D eigenvalue weighted by atomic mass is 19.1. The van der Waals surface area contributed by atoms with Crippen LogP contribution in [0.25, 0.3) is 11.3 Å². The van der Waals surface area contributed by atoms with Gasteiger partial charge in [-0.15, -0.1) is 0 Å². The number of likely N-dealkylation sites (tertiary alicyclic amines) is 1. The van der Waals surface area contributed by atoms with E-state index in [1.165, 1.54) is 30.3 Å². The van der Waals surface area contributed by atoms with Gasteiger partial charge in [0, 0.05) is 18.7 Å². The number of anilines is 1. The fourth-order valence-corrected chi connectivity index (χ4v) is 2.59. The molecule has 8 heteroatoms. The number of carbonyl (C=O) groups excluding carboxylic acids is 1. The molecular formula is C16H15FN4O3. The molecule has 1 saturated heterocycles. The van der Waals surface area contributed by atoms with Gasteiger partial charge in [0.25, 0.3) is 0 Å². The summed E-state index contributed by atoms with van der Waals surface area (Å²) in [6, 6.07) is 6.67. The average molecular weight is 330 g/mol. The quantitative estimate of drug-likeness (QED) is 0.690. The van der Waals surface area contributed by atoms with Crippen LogP contribution < -0.4 is 5.32 Å². The maximum absolute atomic E-state index is 13.0. The largest absolute Gasteiger partial charge is 0.325 e. The van der Waals surface area contributed by atoms with Crippen molar-refractivity contribution in [1.82, 2.24) is 9.88 Å². The van der Waals surface area contributed by atoms with Crippen molar-refractivity contribution in [2.45, 2.75) is 12.8 Å². The monoisotopic (exact) mass is 330 g/mol. The van der Waals surface area contributed by atoms with E-state index in [0.29, 0.717) is 24.3 Å². The van der Waals surface area contributed by atoms with Crippen LogP contribution in [-0.2, 0) is 0 Å². The zero-order chi connectivity index (χ0) is 17.1. The number of urea groups is 1. The van der Waals surface area contributed by atoms with E-state index in [0.717, 1.165) is 19.0 Å². The third-order valence-corrected chi connectivity index (χ3v) is 3.85. The molecule has 1 aromatic carbocycles. The minimum absolute atomic E-state index is 0.0752. The van der Waals surface area contributed by atoms with Gasteiger partial charge in [-0.05, 0) is 43.2 Å². The van der Waals surface area contributed by atoms with Crippen molar-refractivity contribution in [3.8, 4) is 11.3 Å². The van der Waals surface area contributed by atoms with Gasteiger partial charge in [-0.3, -0.25) is 10.1 Å². The van der Waals surface area contributed by atoms with E-state index in [2.05, 4.69) is 10.3 Å². The van der Waals surface area contributed by atoms with Gasteiger partial charge < -0.3 is 10.2 Å². The minimum atomic E-state index is -0.596. The van der Waals surface area contributed by atoms with E-state index in [4.69, 9.17) is 0 Å². The number of aromatic nitrogens is 1. The zero-order valence-corrected chi connectivity index (χ0v) is 12.7. The van der Waals surface area contributed by atoms with E-state index in [-0.39, 0.29) is 23.2 Å². The van der Waals surface area contributed by atoms with Crippen LogP contribution in [0.3, 0.4) is 0 Å². The molecule has 0 aliphatic carbocycles. The van der Waals surface area contributed by atoms with Crippen molar-refractivity contribution in [2.24, 2.45) is 0 Å². The van der Waals surface area contributed by atoms with Crippen molar-refractivity contribution in [3.05, 3.63) is 52.5 Å². The summed E-state index contributed by atoms with van der Waals surface area (Å²) in [5.41, 5.74) is 0.805. The number of hydrogen-bond donors (Lipinski definition) is 1. The van der Waals surface area contributed by atoms with Gasteiger partial charge in [-0.1, -0.05) is 0 Å². The van der Waals surface area contributed by atoms with Gasteiger partial charge in [0.05, 0.1) is 10.6 Å². The van der Waals surface area contributed by atoms with Crippen molar-refractivity contribution in [3.63, 3.8) is 0 Å². The van der Waals surface area contributed by atoms with Gasteiger partial charge in [0.2, 0.25) is 0 Å². The van der Waals surface area contributed by atoms with E-state index in [1.807, 2.05) is 0 Å². The minimum Gasteiger partial charge on any atom is -0.325 e. The van der Waals surface area contributed by atoms with Crippen molar-refractivity contribution in [1.29, 1.82) is 0 Å². The maximum Gasteiger partial charge on any atom is 0.322 e. The van der Waals surface area contributed by atoms with Gasteiger partial charge >= 0.3 is 11.7 Å². The highest BCUT2D eigenvalue weighted by Gasteiger charge is 2.22. The molecule has 0 bridgehead atoms.